The Kier molecular flexibility index (Phi) is 12.8. The summed E-state index contributed by atoms with van der Waals surface area (Å²) in [6.45, 7) is 9.90. The lowest BCUT2D eigenvalue weighted by Gasteiger charge is -2.38. The van der Waals surface area contributed by atoms with E-state index in [0.717, 1.165) is 147 Å². The van der Waals surface area contributed by atoms with E-state index in [2.05, 4.69) is 185 Å². The van der Waals surface area contributed by atoms with Gasteiger partial charge in [-0.25, -0.2) is 4.98 Å². The molecule has 1 saturated heterocycles. The number of aryl methyl sites for hydroxylation is 2. The van der Waals surface area contributed by atoms with Crippen LogP contribution in [0, 0.1) is 0 Å². The first-order valence-electron chi connectivity index (χ1n) is 24.3. The molecule has 7 aromatic rings. The van der Waals surface area contributed by atoms with E-state index in [4.69, 9.17) is 9.97 Å². The maximum atomic E-state index is 14.4. The maximum Gasteiger partial charge on any atom is 0.172 e. The highest BCUT2D eigenvalue weighted by Crippen LogP contribution is 2.39. The number of carbonyl (C=O) groups excluding carboxylic acids is 2. The molecule has 4 aromatic carbocycles. The number of carbonyl (C=O) groups is 2. The molecule has 1 atom stereocenters. The van der Waals surface area contributed by atoms with Gasteiger partial charge in [-0.05, 0) is 103 Å². The lowest BCUT2D eigenvalue weighted by atomic mass is 9.85. The molecule has 9 heteroatoms. The molecule has 0 aliphatic carbocycles. The molecule has 3 aliphatic heterocycles. The van der Waals surface area contributed by atoms with Gasteiger partial charge in [-0.15, -0.1) is 0 Å². The molecule has 3 N–H and O–H groups in total. The number of aromatic nitrogens is 4. The van der Waals surface area contributed by atoms with Crippen molar-refractivity contribution in [2.45, 2.75) is 58.4 Å². The number of ketones is 2. The summed E-state index contributed by atoms with van der Waals surface area (Å²) in [5, 5.41) is 3.76. The average Bonchev–Trinajstić information content (AvgIpc) is 4.22. The van der Waals surface area contributed by atoms with Crippen molar-refractivity contribution in [3.05, 3.63) is 162 Å². The highest BCUT2D eigenvalue weighted by molar-refractivity contribution is 5.98. The number of anilines is 1. The second kappa shape index (κ2) is 19.6. The van der Waals surface area contributed by atoms with Crippen molar-refractivity contribution in [3.8, 4) is 44.5 Å². The number of hydrogen-bond acceptors (Lipinski definition) is 7. The van der Waals surface area contributed by atoms with Crippen LogP contribution >= 0.6 is 0 Å². The lowest BCUT2D eigenvalue weighted by Crippen LogP contribution is -2.54. The molecule has 10 rings (SSSR count). The van der Waals surface area contributed by atoms with Crippen LogP contribution in [0.15, 0.2) is 140 Å². The summed E-state index contributed by atoms with van der Waals surface area (Å²) >= 11 is 0. The van der Waals surface area contributed by atoms with Crippen LogP contribution in [0.3, 0.4) is 0 Å². The summed E-state index contributed by atoms with van der Waals surface area (Å²) in [6.07, 6.45) is 8.16. The van der Waals surface area contributed by atoms with Crippen molar-refractivity contribution in [2.75, 3.05) is 44.6 Å². The highest BCUT2D eigenvalue weighted by atomic mass is 16.1. The molecular weight excluding hydrogens is 839 g/mol. The molecule has 1 unspecified atom stereocenters. The number of aromatic amines is 2. The largest absolute Gasteiger partial charge is 0.373 e. The second-order valence-electron chi connectivity index (χ2n) is 18.5. The van der Waals surface area contributed by atoms with Crippen molar-refractivity contribution in [1.82, 2.24) is 29.7 Å². The number of H-pyrrole nitrogens is 2. The standard InChI is InChI=1S/C59H59N7O2/c1-4-33-59(5-2,54(68)39-66-36-34-65(35-37-66)38-40(3)67)64-45-23-21-44(22-24-45)58-52-31-29-50(62-52)56(42-17-11-7-12-18-42)48-27-25-46(60-48)55(41-15-9-6-10-16-41)47-26-28-49(61-47)57(43-19-13-8-14-20-43)51-30-32-53(58)63-51/h6-25,27,29-32,60,63-64H,4-5,26,28,33-39H2,1-3H3. The minimum absolute atomic E-state index is 0.178. The fourth-order valence-corrected chi connectivity index (χ4v) is 10.5. The minimum atomic E-state index is -0.705. The molecule has 0 radical (unpaired) electrons. The third kappa shape index (κ3) is 9.12. The number of Topliss-reactive ketones (excluding diaryl/α,β-unsaturated/α-hetero) is 2. The van der Waals surface area contributed by atoms with Gasteiger partial charge in [0, 0.05) is 76.2 Å². The summed E-state index contributed by atoms with van der Waals surface area (Å²) in [5.74, 6) is 0.387. The summed E-state index contributed by atoms with van der Waals surface area (Å²) in [6, 6.07) is 49.0. The highest BCUT2D eigenvalue weighted by Gasteiger charge is 2.37. The molecule has 342 valence electrons. The van der Waals surface area contributed by atoms with Crippen LogP contribution in [-0.4, -0.2) is 86.1 Å². The van der Waals surface area contributed by atoms with Gasteiger partial charge in [0.25, 0.3) is 0 Å². The van der Waals surface area contributed by atoms with E-state index in [1.807, 2.05) is 6.07 Å². The van der Waals surface area contributed by atoms with Crippen LogP contribution in [0.2, 0.25) is 0 Å². The molecule has 0 amide bonds. The zero-order valence-corrected chi connectivity index (χ0v) is 39.3. The Hall–Kier alpha value is -7.20. The number of hydrogen-bond donors (Lipinski definition) is 3. The van der Waals surface area contributed by atoms with Gasteiger partial charge >= 0.3 is 0 Å². The third-order valence-electron chi connectivity index (χ3n) is 13.9. The van der Waals surface area contributed by atoms with Crippen molar-refractivity contribution >= 4 is 51.5 Å². The van der Waals surface area contributed by atoms with Gasteiger partial charge in [0.2, 0.25) is 0 Å². The topological polar surface area (TPSA) is 110 Å². The van der Waals surface area contributed by atoms with E-state index in [1.54, 1.807) is 6.92 Å². The molecule has 3 aromatic heterocycles. The maximum absolute atomic E-state index is 14.4. The Balaban J connectivity index is 1.13. The zero-order chi connectivity index (χ0) is 46.6. The third-order valence-corrected chi connectivity index (χ3v) is 13.9. The van der Waals surface area contributed by atoms with Gasteiger partial charge in [-0.3, -0.25) is 24.4 Å². The predicted octanol–water partition coefficient (Wildman–Crippen LogP) is 12.1. The molecular formula is C59H59N7O2. The summed E-state index contributed by atoms with van der Waals surface area (Å²) in [7, 11) is 0. The van der Waals surface area contributed by atoms with Crippen LogP contribution in [0.25, 0.3) is 78.7 Å². The first-order chi connectivity index (χ1) is 33.3. The van der Waals surface area contributed by atoms with Gasteiger partial charge in [0.15, 0.2) is 5.78 Å². The Morgan fingerprint density at radius 1 is 0.544 bits per heavy atom. The Morgan fingerprint density at radius 3 is 1.41 bits per heavy atom. The molecule has 9 nitrogen and oxygen atoms in total. The van der Waals surface area contributed by atoms with E-state index in [9.17, 15) is 9.59 Å². The summed E-state index contributed by atoms with van der Waals surface area (Å²) in [4.78, 5) is 49.3. The molecule has 3 aliphatic rings. The van der Waals surface area contributed by atoms with E-state index in [0.29, 0.717) is 19.5 Å². The molecule has 6 heterocycles. The number of benzene rings is 4. The van der Waals surface area contributed by atoms with Gasteiger partial charge in [0.05, 0.1) is 41.4 Å². The molecule has 68 heavy (non-hydrogen) atoms. The van der Waals surface area contributed by atoms with Crippen LogP contribution in [0.1, 0.15) is 62.8 Å². The Bertz CT molecular complexity index is 3150. The fourth-order valence-electron chi connectivity index (χ4n) is 10.5. The summed E-state index contributed by atoms with van der Waals surface area (Å²) < 4.78 is 0. The fraction of sp³-hybridized carbons (Fsp3) is 0.254. The monoisotopic (exact) mass is 897 g/mol. The lowest BCUT2D eigenvalue weighted by molar-refractivity contribution is -0.126. The number of fused-ring (bicyclic) bond motifs is 8. The van der Waals surface area contributed by atoms with Crippen molar-refractivity contribution in [2.24, 2.45) is 0 Å². The first kappa shape index (κ1) is 44.6. The van der Waals surface area contributed by atoms with E-state index in [1.165, 1.54) is 0 Å². The number of rotatable bonds is 14. The molecule has 0 saturated carbocycles. The first-order valence-corrected chi connectivity index (χ1v) is 24.3. The SMILES string of the molecule is CCCC(CC)(Nc1ccc(-c2c3nc(c(-c4ccccc4)c4ccc([nH]4)c(-c4ccccc4)c4nc(c(-c5ccccc5)c5ccc2[nH]5)CC4)C=C3)cc1)C(=O)CN1CCN(CC(C)=O)CC1. The molecule has 0 spiro atoms. The van der Waals surface area contributed by atoms with Crippen molar-refractivity contribution in [3.63, 3.8) is 0 Å². The van der Waals surface area contributed by atoms with Gasteiger partial charge in [0.1, 0.15) is 5.78 Å². The smallest absolute Gasteiger partial charge is 0.172 e. The van der Waals surface area contributed by atoms with Gasteiger partial charge < -0.3 is 15.3 Å². The van der Waals surface area contributed by atoms with E-state index in [-0.39, 0.29) is 11.6 Å². The Morgan fingerprint density at radius 2 is 0.971 bits per heavy atom. The average molecular weight is 898 g/mol. The van der Waals surface area contributed by atoms with Crippen LogP contribution < -0.4 is 5.32 Å². The summed E-state index contributed by atoms with van der Waals surface area (Å²) in [5.41, 5.74) is 16.4. The van der Waals surface area contributed by atoms with Crippen LogP contribution in [0.4, 0.5) is 5.69 Å². The van der Waals surface area contributed by atoms with Crippen LogP contribution in [-0.2, 0) is 22.4 Å². The Labute approximate surface area is 399 Å². The normalized spacial score (nSPS) is 15.0. The van der Waals surface area contributed by atoms with Crippen molar-refractivity contribution < 1.29 is 9.59 Å². The van der Waals surface area contributed by atoms with Crippen LogP contribution in [0.5, 0.6) is 0 Å². The number of nitrogens with zero attached hydrogens (tertiary/aromatic N) is 4. The minimum Gasteiger partial charge on any atom is -0.373 e. The molecule has 8 bridgehead atoms. The number of piperazine rings is 1. The predicted molar refractivity (Wildman–Crippen MR) is 279 cm³/mol. The van der Waals surface area contributed by atoms with Gasteiger partial charge in [-0.1, -0.05) is 123 Å². The van der Waals surface area contributed by atoms with Gasteiger partial charge in [-0.2, -0.15) is 0 Å². The van der Waals surface area contributed by atoms with E-state index >= 15 is 0 Å². The second-order valence-corrected chi connectivity index (χ2v) is 18.5. The molecule has 1 fully saturated rings. The quantitative estimate of drug-likeness (QED) is 0.0997. The van der Waals surface area contributed by atoms with Crippen molar-refractivity contribution in [1.29, 1.82) is 0 Å². The number of nitrogens with one attached hydrogen (secondary N) is 3. The van der Waals surface area contributed by atoms with E-state index < -0.39 is 5.54 Å². The zero-order valence-electron chi connectivity index (χ0n) is 39.3.